The van der Waals surface area contributed by atoms with Gasteiger partial charge in [-0.15, -0.1) is 11.3 Å². The van der Waals surface area contributed by atoms with Crippen LogP contribution in [0.15, 0.2) is 212 Å². The van der Waals surface area contributed by atoms with Crippen LogP contribution in [-0.4, -0.2) is 15.0 Å². The Bertz CT molecular complexity index is 3320. The van der Waals surface area contributed by atoms with Crippen molar-refractivity contribution in [1.29, 1.82) is 0 Å². The lowest BCUT2D eigenvalue weighted by Gasteiger charge is -2.14. The molecule has 0 fully saturated rings. The molecule has 0 bridgehead atoms. The molecule has 276 valence electrons. The van der Waals surface area contributed by atoms with Gasteiger partial charge in [-0.2, -0.15) is 0 Å². The molecule has 0 saturated heterocycles. The van der Waals surface area contributed by atoms with Gasteiger partial charge < -0.3 is 0 Å². The van der Waals surface area contributed by atoms with Crippen molar-refractivity contribution in [3.8, 4) is 78.7 Å². The molecular formula is C55H35N3S. The van der Waals surface area contributed by atoms with Gasteiger partial charge in [0, 0.05) is 36.9 Å². The minimum absolute atomic E-state index is 0.636. The van der Waals surface area contributed by atoms with Gasteiger partial charge in [0.2, 0.25) is 0 Å². The van der Waals surface area contributed by atoms with E-state index in [0.717, 1.165) is 44.2 Å². The van der Waals surface area contributed by atoms with Crippen LogP contribution in [-0.2, 0) is 0 Å². The second kappa shape index (κ2) is 14.8. The van der Waals surface area contributed by atoms with Crippen LogP contribution in [0.1, 0.15) is 0 Å². The molecule has 11 rings (SSSR count). The number of benzene rings is 9. The molecule has 0 unspecified atom stereocenters. The number of thiophene rings is 1. The van der Waals surface area contributed by atoms with Crippen molar-refractivity contribution >= 4 is 42.3 Å². The highest BCUT2D eigenvalue weighted by molar-refractivity contribution is 7.26. The molecular weight excluding hydrogens is 735 g/mol. The highest BCUT2D eigenvalue weighted by atomic mass is 32.1. The minimum Gasteiger partial charge on any atom is -0.208 e. The number of rotatable bonds is 7. The molecule has 0 spiro atoms. The molecule has 9 aromatic carbocycles. The first kappa shape index (κ1) is 34.7. The zero-order valence-corrected chi connectivity index (χ0v) is 32.8. The Morgan fingerprint density at radius 2 is 0.695 bits per heavy atom. The van der Waals surface area contributed by atoms with Gasteiger partial charge in [0.1, 0.15) is 0 Å². The predicted molar refractivity (Wildman–Crippen MR) is 248 cm³/mol. The Morgan fingerprint density at radius 1 is 0.254 bits per heavy atom. The molecule has 0 saturated carbocycles. The molecule has 0 atom stereocenters. The summed E-state index contributed by atoms with van der Waals surface area (Å²) in [5.41, 5.74) is 12.3. The van der Waals surface area contributed by atoms with Crippen LogP contribution >= 0.6 is 11.3 Å². The van der Waals surface area contributed by atoms with Crippen LogP contribution in [0.25, 0.3) is 110 Å². The van der Waals surface area contributed by atoms with E-state index in [9.17, 15) is 0 Å². The minimum atomic E-state index is 0.636. The van der Waals surface area contributed by atoms with Crippen molar-refractivity contribution in [3.05, 3.63) is 212 Å². The molecule has 3 nitrogen and oxygen atoms in total. The van der Waals surface area contributed by atoms with Gasteiger partial charge in [-0.1, -0.05) is 182 Å². The fourth-order valence-corrected chi connectivity index (χ4v) is 9.44. The van der Waals surface area contributed by atoms with Crippen molar-refractivity contribution in [3.63, 3.8) is 0 Å². The Balaban J connectivity index is 1.06. The van der Waals surface area contributed by atoms with Crippen LogP contribution in [0.2, 0.25) is 0 Å². The molecule has 0 radical (unpaired) electrons. The summed E-state index contributed by atoms with van der Waals surface area (Å²) in [6.45, 7) is 0. The monoisotopic (exact) mass is 769 g/mol. The average Bonchev–Trinajstić information content (AvgIpc) is 3.71. The summed E-state index contributed by atoms with van der Waals surface area (Å²) < 4.78 is 2.42. The Labute approximate surface area is 346 Å². The van der Waals surface area contributed by atoms with E-state index in [-0.39, 0.29) is 0 Å². The third kappa shape index (κ3) is 6.46. The second-order valence-corrected chi connectivity index (χ2v) is 15.8. The summed E-state index contributed by atoms with van der Waals surface area (Å²) in [6, 6.07) is 75.2. The molecule has 0 N–H and O–H groups in total. The van der Waals surface area contributed by atoms with Crippen LogP contribution in [0.3, 0.4) is 0 Å². The highest BCUT2D eigenvalue weighted by Crippen LogP contribution is 2.41. The van der Waals surface area contributed by atoms with Gasteiger partial charge in [0.25, 0.3) is 0 Å². The van der Waals surface area contributed by atoms with E-state index in [2.05, 4.69) is 212 Å². The van der Waals surface area contributed by atoms with E-state index in [4.69, 9.17) is 15.0 Å². The smallest absolute Gasteiger partial charge is 0.165 e. The molecule has 0 aliphatic carbocycles. The maximum absolute atomic E-state index is 5.31. The van der Waals surface area contributed by atoms with Crippen LogP contribution in [0, 0.1) is 0 Å². The lowest BCUT2D eigenvalue weighted by Crippen LogP contribution is -2.01. The maximum atomic E-state index is 5.31. The van der Waals surface area contributed by atoms with E-state index >= 15 is 0 Å². The third-order valence-electron chi connectivity index (χ3n) is 11.2. The summed E-state index contributed by atoms with van der Waals surface area (Å²) in [7, 11) is 0. The number of nitrogens with zero attached hydrogens (tertiary/aromatic N) is 3. The number of hydrogen-bond donors (Lipinski definition) is 0. The highest BCUT2D eigenvalue weighted by Gasteiger charge is 2.19. The molecule has 4 heteroatoms. The Morgan fingerprint density at radius 3 is 1.37 bits per heavy atom. The summed E-state index contributed by atoms with van der Waals surface area (Å²) >= 11 is 1.79. The average molecular weight is 770 g/mol. The molecule has 0 amide bonds. The third-order valence-corrected chi connectivity index (χ3v) is 12.4. The summed E-state index contributed by atoms with van der Waals surface area (Å²) in [5, 5.41) is 4.69. The molecule has 11 aromatic rings. The summed E-state index contributed by atoms with van der Waals surface area (Å²) in [5.74, 6) is 1.94. The molecule has 2 aromatic heterocycles. The zero-order chi connectivity index (χ0) is 39.1. The molecule has 2 heterocycles. The van der Waals surface area contributed by atoms with E-state index in [1.807, 2.05) is 0 Å². The fraction of sp³-hybridized carbons (Fsp3) is 0. The van der Waals surface area contributed by atoms with Gasteiger partial charge >= 0.3 is 0 Å². The standard InChI is InChI=1S/C55H35N3S/c1-3-14-36(15-4-1)40-18-11-19-41(34-40)38-28-30-39(31-29-38)53-56-54(58-55(57-53)50-26-13-25-48-47-24-9-10-27-51(47)59-52(48)50)49-33-32-44(45-22-7-8-23-46(45)49)43-21-12-20-42(35-43)37-16-5-2-6-17-37/h1-35H. The number of fused-ring (bicyclic) bond motifs is 4. The Hall–Kier alpha value is -7.53. The van der Waals surface area contributed by atoms with Crippen molar-refractivity contribution in [1.82, 2.24) is 15.0 Å². The topological polar surface area (TPSA) is 38.7 Å². The van der Waals surface area contributed by atoms with Crippen LogP contribution in [0.5, 0.6) is 0 Å². The van der Waals surface area contributed by atoms with Crippen LogP contribution in [0.4, 0.5) is 0 Å². The first-order valence-electron chi connectivity index (χ1n) is 19.8. The summed E-state index contributed by atoms with van der Waals surface area (Å²) in [6.07, 6.45) is 0. The first-order valence-corrected chi connectivity index (χ1v) is 20.7. The fourth-order valence-electron chi connectivity index (χ4n) is 8.23. The number of aromatic nitrogens is 3. The van der Waals surface area contributed by atoms with E-state index < -0.39 is 0 Å². The molecule has 0 aliphatic heterocycles. The predicted octanol–water partition coefficient (Wildman–Crippen LogP) is 15.1. The summed E-state index contributed by atoms with van der Waals surface area (Å²) in [4.78, 5) is 15.8. The van der Waals surface area contributed by atoms with E-state index in [1.54, 1.807) is 11.3 Å². The van der Waals surface area contributed by atoms with Gasteiger partial charge in [0.05, 0.1) is 0 Å². The Kier molecular flexibility index (Phi) is 8.68. The van der Waals surface area contributed by atoms with E-state index in [0.29, 0.717) is 17.5 Å². The molecule has 59 heavy (non-hydrogen) atoms. The van der Waals surface area contributed by atoms with Crippen molar-refractivity contribution in [2.24, 2.45) is 0 Å². The maximum Gasteiger partial charge on any atom is 0.165 e. The van der Waals surface area contributed by atoms with Gasteiger partial charge in [-0.05, 0) is 85.6 Å². The van der Waals surface area contributed by atoms with Crippen molar-refractivity contribution < 1.29 is 0 Å². The lowest BCUT2D eigenvalue weighted by molar-refractivity contribution is 1.08. The van der Waals surface area contributed by atoms with Crippen molar-refractivity contribution in [2.75, 3.05) is 0 Å². The van der Waals surface area contributed by atoms with Crippen molar-refractivity contribution in [2.45, 2.75) is 0 Å². The van der Waals surface area contributed by atoms with Crippen LogP contribution < -0.4 is 0 Å². The second-order valence-electron chi connectivity index (χ2n) is 14.8. The van der Waals surface area contributed by atoms with E-state index in [1.165, 1.54) is 48.0 Å². The SMILES string of the molecule is c1ccc(-c2cccc(-c3ccc(-c4nc(-c5ccc(-c6cccc(-c7ccccc7)c6)c6ccccc56)nc(-c5cccc6c5sc5ccccc56)n4)cc3)c2)cc1. The lowest BCUT2D eigenvalue weighted by atomic mass is 9.93. The number of hydrogen-bond acceptors (Lipinski definition) is 4. The quantitative estimate of drug-likeness (QED) is 0.162. The van der Waals surface area contributed by atoms with Gasteiger partial charge in [0.15, 0.2) is 17.5 Å². The molecule has 0 aliphatic rings. The van der Waals surface area contributed by atoms with Gasteiger partial charge in [-0.3, -0.25) is 0 Å². The zero-order valence-electron chi connectivity index (χ0n) is 32.0. The normalized spacial score (nSPS) is 11.4. The largest absolute Gasteiger partial charge is 0.208 e. The van der Waals surface area contributed by atoms with Gasteiger partial charge in [-0.25, -0.2) is 15.0 Å². The first-order chi connectivity index (χ1) is 29.2.